The van der Waals surface area contributed by atoms with Crippen LogP contribution in [0, 0.1) is 74.5 Å². The molecule has 8 heterocycles. The van der Waals surface area contributed by atoms with E-state index in [1.165, 1.54) is 51.4 Å². The summed E-state index contributed by atoms with van der Waals surface area (Å²) in [5.74, 6) is -6.49. The van der Waals surface area contributed by atoms with Crippen molar-refractivity contribution in [2.24, 2.45) is 5.92 Å². The largest absolute Gasteiger partial charge is 0.482 e. The van der Waals surface area contributed by atoms with E-state index in [0.717, 1.165) is 45.1 Å². The number of nitrogens with zero attached hydrogens (tertiary/aromatic N) is 8. The molecule has 0 saturated heterocycles. The SMILES string of the molecule is CC1(C)Oc2cc(-c3c4nc5c(nc4c(-c4cc6c(s4)-c4sc(/C=C7\C(=O)c8cc(F)c(F)cc8C7=C(C#N)C#N)cc4OC6(C)C)c4nc6c(nc34)c(=O)c3ccccc36)c(=O)c3ccccc35)sc2-c2sc(CC3C(=O)c4cc(F)c(F)cc4C3=C(C#N)C#N)cc21. The number of benzene rings is 5. The Balaban J connectivity index is 0.892. The molecule has 17 rings (SSSR count). The molecule has 0 radical (unpaired) electrons. The van der Waals surface area contributed by atoms with Crippen LogP contribution in [0.2, 0.25) is 0 Å². The normalized spacial score (nSPS) is 16.0. The minimum atomic E-state index is -1.27. The van der Waals surface area contributed by atoms with Crippen LogP contribution in [0.1, 0.15) is 80.4 Å². The van der Waals surface area contributed by atoms with E-state index in [0.29, 0.717) is 95.5 Å². The van der Waals surface area contributed by atoms with E-state index >= 15 is 0 Å². The lowest BCUT2D eigenvalue weighted by atomic mass is 9.90. The third-order valence-electron chi connectivity index (χ3n) is 17.9. The van der Waals surface area contributed by atoms with Gasteiger partial charge in [0.25, 0.3) is 0 Å². The van der Waals surface area contributed by atoms with Crippen molar-refractivity contribution >= 4 is 140 Å². The van der Waals surface area contributed by atoms with Crippen LogP contribution in [-0.2, 0) is 17.6 Å². The summed E-state index contributed by atoms with van der Waals surface area (Å²) in [5.41, 5.74) is 0.0571. The van der Waals surface area contributed by atoms with Crippen LogP contribution in [0.5, 0.6) is 11.5 Å². The van der Waals surface area contributed by atoms with Gasteiger partial charge in [0.1, 0.15) is 102 Å². The van der Waals surface area contributed by atoms with Gasteiger partial charge in [-0.2, -0.15) is 21.0 Å². The number of nitriles is 4. The molecule has 13 aromatic rings. The Labute approximate surface area is 542 Å². The highest BCUT2D eigenvalue weighted by atomic mass is 32.1. The molecule has 94 heavy (non-hydrogen) atoms. The smallest absolute Gasteiger partial charge is 0.214 e. The van der Waals surface area contributed by atoms with Crippen molar-refractivity contribution in [1.29, 1.82) is 21.0 Å². The zero-order valence-corrected chi connectivity index (χ0v) is 52.0. The Morgan fingerprint density at radius 1 is 0.511 bits per heavy atom. The number of thiophene rings is 4. The lowest BCUT2D eigenvalue weighted by molar-refractivity contribution is 0.0957. The molecule has 2 aliphatic heterocycles. The van der Waals surface area contributed by atoms with Crippen molar-refractivity contribution in [2.75, 3.05) is 0 Å². The summed E-state index contributed by atoms with van der Waals surface area (Å²) in [6, 6.07) is 32.2. The first kappa shape index (κ1) is 56.7. The van der Waals surface area contributed by atoms with E-state index in [1.807, 2.05) is 70.2 Å². The van der Waals surface area contributed by atoms with E-state index in [9.17, 15) is 57.8 Å². The topological polar surface area (TPSA) is 233 Å². The predicted octanol–water partition coefficient (Wildman–Crippen LogP) is 16.4. The first-order valence-corrected chi connectivity index (χ1v) is 32.2. The maximum absolute atomic E-state index is 14.8. The highest BCUT2D eigenvalue weighted by Crippen LogP contribution is 2.59. The molecule has 14 nitrogen and oxygen atoms in total. The molecule has 2 aliphatic carbocycles. The summed E-state index contributed by atoms with van der Waals surface area (Å²) in [4.78, 5) is 84.3. The Kier molecular flexibility index (Phi) is 11.9. The van der Waals surface area contributed by atoms with Gasteiger partial charge in [0.2, 0.25) is 10.9 Å². The molecular formula is C72H32F4N8O6S4. The Bertz CT molecular complexity index is 6230. The van der Waals surface area contributed by atoms with Crippen molar-refractivity contribution in [2.45, 2.75) is 45.3 Å². The highest BCUT2D eigenvalue weighted by molar-refractivity contribution is 7.25. The standard InChI is InChI=1S/C72H32F4N8O6S4/c1-71(2)41-15-29(13-39-51(27(23-77)24-78)35-17-43(73)45(75)19-37(35)63(39)85)91-67(41)70-48(90-71)22-50(94-70)54-58-59(83-61-56(82-58)32-10-6-8-12-34(32)65(61)87)53(57-60(54)84-62-55(81-57)31-9-5-7-11-33(31)66(62)88)49-21-42-68(93-49)69-47(89-72(42,3)4)16-30(92-69)14-40-52(28(25-79)26-80)36-18-44(74)46(76)20-38(36)64(40)86/h5-12,14-22,39H,13H2,1-4H3/b40-14-. The average molecular weight is 1310 g/mol. The summed E-state index contributed by atoms with van der Waals surface area (Å²) in [5, 5.41) is 42.2. The van der Waals surface area contributed by atoms with Crippen LogP contribution in [-0.4, -0.2) is 31.5 Å². The second-order valence-corrected chi connectivity index (χ2v) is 28.4. The fourth-order valence-corrected chi connectivity index (χ4v) is 18.9. The van der Waals surface area contributed by atoms with Crippen LogP contribution >= 0.6 is 45.3 Å². The third kappa shape index (κ3) is 7.79. The second kappa shape index (κ2) is 19.6. The molecule has 448 valence electrons. The number of rotatable bonds is 5. The molecule has 22 heteroatoms. The minimum absolute atomic E-state index is 0.0137. The first-order valence-electron chi connectivity index (χ1n) is 28.9. The monoisotopic (exact) mass is 1310 g/mol. The minimum Gasteiger partial charge on any atom is -0.482 e. The fraction of sp³-hybridized carbons (Fsp3) is 0.111. The van der Waals surface area contributed by atoms with Gasteiger partial charge >= 0.3 is 0 Å². The first-order chi connectivity index (χ1) is 45.2. The second-order valence-electron chi connectivity index (χ2n) is 24.0. The van der Waals surface area contributed by atoms with Crippen molar-refractivity contribution in [3.8, 4) is 76.2 Å². The predicted molar refractivity (Wildman–Crippen MR) is 351 cm³/mol. The molecule has 6 aromatic heterocycles. The van der Waals surface area contributed by atoms with E-state index in [4.69, 9.17) is 29.4 Å². The van der Waals surface area contributed by atoms with Gasteiger partial charge in [0.05, 0.1) is 25.4 Å². The molecule has 1 unspecified atom stereocenters. The van der Waals surface area contributed by atoms with Crippen LogP contribution in [0.3, 0.4) is 0 Å². The summed E-state index contributed by atoms with van der Waals surface area (Å²) >= 11 is 5.32. The van der Waals surface area contributed by atoms with Crippen molar-refractivity contribution in [3.63, 3.8) is 0 Å². The van der Waals surface area contributed by atoms with Crippen LogP contribution < -0.4 is 20.3 Å². The van der Waals surface area contributed by atoms with Crippen molar-refractivity contribution in [1.82, 2.24) is 19.9 Å². The molecular weight excluding hydrogens is 1280 g/mol. The van der Waals surface area contributed by atoms with E-state index in [1.54, 1.807) is 54.6 Å². The number of allylic oxidation sites excluding steroid dienone is 5. The molecule has 4 aliphatic rings. The number of carbonyl (C=O) groups excluding carboxylic acids is 2. The highest BCUT2D eigenvalue weighted by Gasteiger charge is 2.44. The van der Waals surface area contributed by atoms with Crippen LogP contribution in [0.4, 0.5) is 17.6 Å². The Morgan fingerprint density at radius 3 is 1.53 bits per heavy atom. The number of ketones is 2. The maximum atomic E-state index is 14.8. The van der Waals surface area contributed by atoms with Gasteiger partial charge in [-0.25, -0.2) is 37.5 Å². The number of hydrogen-bond donors (Lipinski definition) is 0. The van der Waals surface area contributed by atoms with Gasteiger partial charge in [-0.05, 0) is 105 Å². The van der Waals surface area contributed by atoms with E-state index in [-0.39, 0.29) is 78.3 Å². The molecule has 0 saturated carbocycles. The van der Waals surface area contributed by atoms with Gasteiger partial charge in [-0.3, -0.25) is 19.2 Å². The zero-order chi connectivity index (χ0) is 65.0. The quantitative estimate of drug-likeness (QED) is 0.0675. The molecule has 1 atom stereocenters. The molecule has 7 aromatic carbocycles. The summed E-state index contributed by atoms with van der Waals surface area (Å²) in [7, 11) is 0. The Hall–Kier alpha value is -11.2. The lowest BCUT2D eigenvalue weighted by Crippen LogP contribution is -2.27. The summed E-state index contributed by atoms with van der Waals surface area (Å²) < 4.78 is 72.7. The van der Waals surface area contributed by atoms with Gasteiger partial charge < -0.3 is 9.47 Å². The number of carbonyl (C=O) groups is 2. The summed E-state index contributed by atoms with van der Waals surface area (Å²) in [6.07, 6.45) is 1.46. The van der Waals surface area contributed by atoms with Crippen molar-refractivity contribution < 1.29 is 36.6 Å². The number of ether oxygens (including phenoxy) is 2. The number of halogens is 4. The summed E-state index contributed by atoms with van der Waals surface area (Å²) in [6.45, 7) is 7.56. The average Bonchev–Trinajstić information content (AvgIpc) is 1.44. The van der Waals surface area contributed by atoms with Gasteiger partial charge in [0, 0.05) is 85.6 Å². The van der Waals surface area contributed by atoms with Crippen LogP contribution in [0.25, 0.3) is 123 Å². The van der Waals surface area contributed by atoms with Crippen molar-refractivity contribution in [3.05, 3.63) is 201 Å². The van der Waals surface area contributed by atoms with E-state index in [2.05, 4.69) is 0 Å². The fourth-order valence-electron chi connectivity index (χ4n) is 13.7. The maximum Gasteiger partial charge on any atom is 0.214 e. The lowest BCUT2D eigenvalue weighted by Gasteiger charge is -2.31. The van der Waals surface area contributed by atoms with Gasteiger partial charge in [-0.1, -0.05) is 48.5 Å². The van der Waals surface area contributed by atoms with Gasteiger partial charge in [0.15, 0.2) is 34.8 Å². The number of fused-ring (bicyclic) bond motifs is 16. The molecule has 0 N–H and O–H groups in total. The number of Topliss-reactive ketones (excluding diaryl/α,β-unsaturated/α-hetero) is 2. The molecule has 0 bridgehead atoms. The third-order valence-corrected chi connectivity index (χ3v) is 22.7. The van der Waals surface area contributed by atoms with E-state index < -0.39 is 63.1 Å². The van der Waals surface area contributed by atoms with Crippen LogP contribution in [0.15, 0.2) is 123 Å². The number of hydrogen-bond acceptors (Lipinski definition) is 18. The zero-order valence-electron chi connectivity index (χ0n) is 48.8. The van der Waals surface area contributed by atoms with Gasteiger partial charge in [-0.15, -0.1) is 45.3 Å². The molecule has 0 amide bonds. The Morgan fingerprint density at radius 2 is 0.968 bits per heavy atom. The molecule has 0 spiro atoms. The number of aromatic nitrogens is 4. The molecule has 0 fully saturated rings.